The van der Waals surface area contributed by atoms with E-state index in [1.54, 1.807) is 0 Å². The van der Waals surface area contributed by atoms with Crippen molar-refractivity contribution in [1.82, 2.24) is 9.80 Å². The molecule has 1 aromatic rings. The molecule has 1 fully saturated rings. The number of anilines is 1. The van der Waals surface area contributed by atoms with Crippen LogP contribution in [0.15, 0.2) is 18.2 Å². The van der Waals surface area contributed by atoms with Gasteiger partial charge >= 0.3 is 0 Å². The van der Waals surface area contributed by atoms with Crippen LogP contribution in [-0.4, -0.2) is 55.0 Å². The lowest BCUT2D eigenvalue weighted by Gasteiger charge is -2.36. The summed E-state index contributed by atoms with van der Waals surface area (Å²) in [6.07, 6.45) is 2.88. The van der Waals surface area contributed by atoms with E-state index in [-0.39, 0.29) is 0 Å². The summed E-state index contributed by atoms with van der Waals surface area (Å²) in [5.74, 6) is 0.776. The number of rotatable bonds is 7. The zero-order chi connectivity index (χ0) is 15.9. The second-order valence-corrected chi connectivity index (χ2v) is 5.95. The van der Waals surface area contributed by atoms with Crippen LogP contribution in [0.1, 0.15) is 25.8 Å². The quantitative estimate of drug-likeness (QED) is 0.616. The largest absolute Gasteiger partial charge is 0.491 e. The van der Waals surface area contributed by atoms with Gasteiger partial charge in [0.2, 0.25) is 6.41 Å². The molecule has 5 heteroatoms. The van der Waals surface area contributed by atoms with E-state index in [0.29, 0.717) is 18.3 Å². The summed E-state index contributed by atoms with van der Waals surface area (Å²) >= 11 is 0. The molecular weight excluding hydrogens is 278 g/mol. The molecule has 0 bridgehead atoms. The van der Waals surface area contributed by atoms with Gasteiger partial charge in [0.1, 0.15) is 5.75 Å². The van der Waals surface area contributed by atoms with Crippen LogP contribution in [0.4, 0.5) is 5.69 Å². The molecule has 1 aliphatic rings. The third kappa shape index (κ3) is 4.37. The molecule has 0 saturated carbocycles. The van der Waals surface area contributed by atoms with Crippen LogP contribution in [0.5, 0.6) is 5.75 Å². The van der Waals surface area contributed by atoms with Crippen molar-refractivity contribution in [1.29, 1.82) is 0 Å². The molecule has 1 saturated heterocycles. The number of piperazine rings is 1. The normalized spacial score (nSPS) is 17.3. The van der Waals surface area contributed by atoms with Crippen LogP contribution in [0.2, 0.25) is 0 Å². The van der Waals surface area contributed by atoms with Crippen molar-refractivity contribution in [3.05, 3.63) is 23.8 Å². The predicted octanol–water partition coefficient (Wildman–Crippen LogP) is 1.76. The maximum atomic E-state index is 10.8. The van der Waals surface area contributed by atoms with Crippen molar-refractivity contribution in [2.45, 2.75) is 32.7 Å². The number of carbonyl (C=O) groups excluding carboxylic acids is 1. The van der Waals surface area contributed by atoms with Crippen molar-refractivity contribution >= 4 is 12.1 Å². The van der Waals surface area contributed by atoms with Gasteiger partial charge in [-0.1, -0.05) is 13.0 Å². The number of ether oxygens (including phenoxy) is 1. The lowest BCUT2D eigenvalue weighted by molar-refractivity contribution is -0.120. The van der Waals surface area contributed by atoms with Crippen molar-refractivity contribution in [3.63, 3.8) is 0 Å². The summed E-state index contributed by atoms with van der Waals surface area (Å²) in [4.78, 5) is 15.0. The molecule has 0 aromatic heterocycles. The van der Waals surface area contributed by atoms with Crippen LogP contribution < -0.4 is 10.5 Å². The number of nitrogens with two attached hydrogens (primary N) is 1. The molecule has 0 aliphatic carbocycles. The van der Waals surface area contributed by atoms with Crippen LogP contribution in [0.3, 0.4) is 0 Å². The van der Waals surface area contributed by atoms with Gasteiger partial charge in [0.05, 0.1) is 12.3 Å². The molecule has 0 spiro atoms. The van der Waals surface area contributed by atoms with E-state index in [1.807, 2.05) is 17.0 Å². The number of amides is 1. The third-order valence-corrected chi connectivity index (χ3v) is 4.19. The number of nitrogens with zero attached hydrogens (tertiary/aromatic N) is 2. The molecule has 1 amide bonds. The van der Waals surface area contributed by atoms with Crippen molar-refractivity contribution in [3.8, 4) is 5.75 Å². The van der Waals surface area contributed by atoms with E-state index >= 15 is 0 Å². The first kappa shape index (κ1) is 16.6. The first-order chi connectivity index (χ1) is 10.6. The Kier molecular flexibility index (Phi) is 6.07. The van der Waals surface area contributed by atoms with E-state index in [1.165, 1.54) is 5.56 Å². The van der Waals surface area contributed by atoms with Gasteiger partial charge in [0, 0.05) is 32.2 Å². The molecule has 1 heterocycles. The second-order valence-electron chi connectivity index (χ2n) is 5.95. The maximum absolute atomic E-state index is 10.8. The average Bonchev–Trinajstić information content (AvgIpc) is 2.54. The smallest absolute Gasteiger partial charge is 0.209 e. The number of hydrogen-bond acceptors (Lipinski definition) is 4. The first-order valence-corrected chi connectivity index (χ1v) is 8.08. The number of carbonyl (C=O) groups is 1. The Hall–Kier alpha value is -1.75. The number of benzene rings is 1. The Morgan fingerprint density at radius 1 is 1.32 bits per heavy atom. The standard InChI is InChI=1S/C17H27N3O2/c1-3-10-22-17-5-4-15(12-16(17)18)11-14(2)20-8-6-19(13-21)7-9-20/h4-5,12-14H,3,6-11,18H2,1-2H3. The Morgan fingerprint density at radius 2 is 2.05 bits per heavy atom. The van der Waals surface area contributed by atoms with Gasteiger partial charge in [-0.3, -0.25) is 9.69 Å². The molecule has 0 radical (unpaired) electrons. The summed E-state index contributed by atoms with van der Waals surface area (Å²) in [7, 11) is 0. The minimum absolute atomic E-state index is 0.440. The first-order valence-electron chi connectivity index (χ1n) is 8.08. The molecular formula is C17H27N3O2. The van der Waals surface area contributed by atoms with Crippen molar-refractivity contribution in [2.24, 2.45) is 0 Å². The number of nitrogen functional groups attached to an aromatic ring is 1. The zero-order valence-corrected chi connectivity index (χ0v) is 13.6. The lowest BCUT2D eigenvalue weighted by atomic mass is 10.0. The molecule has 1 unspecified atom stereocenters. The van der Waals surface area contributed by atoms with Gasteiger partial charge in [-0.15, -0.1) is 0 Å². The van der Waals surface area contributed by atoms with Crippen LogP contribution in [-0.2, 0) is 11.2 Å². The van der Waals surface area contributed by atoms with Crippen molar-refractivity contribution in [2.75, 3.05) is 38.5 Å². The fourth-order valence-electron chi connectivity index (χ4n) is 2.82. The van der Waals surface area contributed by atoms with Gasteiger partial charge in [0.15, 0.2) is 0 Å². The fraction of sp³-hybridized carbons (Fsp3) is 0.588. The van der Waals surface area contributed by atoms with E-state index in [2.05, 4.69) is 24.8 Å². The minimum atomic E-state index is 0.440. The third-order valence-electron chi connectivity index (χ3n) is 4.19. The van der Waals surface area contributed by atoms with Gasteiger partial charge in [0.25, 0.3) is 0 Å². The summed E-state index contributed by atoms with van der Waals surface area (Å²) in [6, 6.07) is 6.52. The lowest BCUT2D eigenvalue weighted by Crippen LogP contribution is -2.49. The molecule has 22 heavy (non-hydrogen) atoms. The van der Waals surface area contributed by atoms with Gasteiger partial charge in [-0.25, -0.2) is 0 Å². The minimum Gasteiger partial charge on any atom is -0.491 e. The monoisotopic (exact) mass is 305 g/mol. The molecule has 1 atom stereocenters. The van der Waals surface area contributed by atoms with Crippen LogP contribution >= 0.6 is 0 Å². The fourth-order valence-corrected chi connectivity index (χ4v) is 2.82. The summed E-state index contributed by atoms with van der Waals surface area (Å²) in [5, 5.41) is 0. The van der Waals surface area contributed by atoms with E-state index in [9.17, 15) is 4.79 Å². The molecule has 2 N–H and O–H groups in total. The highest BCUT2D eigenvalue weighted by atomic mass is 16.5. The van der Waals surface area contributed by atoms with Crippen LogP contribution in [0.25, 0.3) is 0 Å². The summed E-state index contributed by atoms with van der Waals surface area (Å²) in [5.41, 5.74) is 8.01. The zero-order valence-electron chi connectivity index (χ0n) is 13.6. The Labute approximate surface area is 133 Å². The molecule has 1 aromatic carbocycles. The molecule has 5 nitrogen and oxygen atoms in total. The predicted molar refractivity (Wildman–Crippen MR) is 89.0 cm³/mol. The summed E-state index contributed by atoms with van der Waals surface area (Å²) in [6.45, 7) is 8.52. The Morgan fingerprint density at radius 3 is 2.64 bits per heavy atom. The maximum Gasteiger partial charge on any atom is 0.209 e. The van der Waals surface area contributed by atoms with E-state index in [4.69, 9.17) is 10.5 Å². The van der Waals surface area contributed by atoms with Gasteiger partial charge in [-0.05, 0) is 37.5 Å². The van der Waals surface area contributed by atoms with Crippen LogP contribution in [0, 0.1) is 0 Å². The highest BCUT2D eigenvalue weighted by Crippen LogP contribution is 2.24. The van der Waals surface area contributed by atoms with E-state index in [0.717, 1.165) is 51.2 Å². The highest BCUT2D eigenvalue weighted by Gasteiger charge is 2.20. The van der Waals surface area contributed by atoms with E-state index < -0.39 is 0 Å². The Balaban J connectivity index is 1.90. The highest BCUT2D eigenvalue weighted by molar-refractivity contribution is 5.54. The van der Waals surface area contributed by atoms with Crippen molar-refractivity contribution < 1.29 is 9.53 Å². The second kappa shape index (κ2) is 8.03. The van der Waals surface area contributed by atoms with Gasteiger partial charge in [-0.2, -0.15) is 0 Å². The van der Waals surface area contributed by atoms with Gasteiger partial charge < -0.3 is 15.4 Å². The molecule has 2 rings (SSSR count). The SMILES string of the molecule is CCCOc1ccc(CC(C)N2CCN(C=O)CC2)cc1N. The summed E-state index contributed by atoms with van der Waals surface area (Å²) < 4.78 is 5.61. The topological polar surface area (TPSA) is 58.8 Å². The average molecular weight is 305 g/mol. The Bertz CT molecular complexity index is 485. The number of hydrogen-bond donors (Lipinski definition) is 1. The molecule has 1 aliphatic heterocycles. The molecule has 122 valence electrons.